The molecule has 2 amide bonds. The average Bonchev–Trinajstić information content (AvgIpc) is 2.69. The van der Waals surface area contributed by atoms with E-state index in [1.807, 2.05) is 0 Å². The third-order valence-electron chi connectivity index (χ3n) is 4.71. The summed E-state index contributed by atoms with van der Waals surface area (Å²) in [6.45, 7) is -0.502. The van der Waals surface area contributed by atoms with Crippen molar-refractivity contribution in [3.05, 3.63) is 53.9 Å². The zero-order valence-corrected chi connectivity index (χ0v) is 16.1. The average molecular weight is 421 g/mol. The van der Waals surface area contributed by atoms with Crippen LogP contribution >= 0.6 is 0 Å². The molecule has 2 aromatic rings. The molecule has 0 bridgehead atoms. The van der Waals surface area contributed by atoms with Crippen LogP contribution in [-0.4, -0.2) is 53.6 Å². The molecule has 2 heterocycles. The molecule has 1 aliphatic heterocycles. The smallest absolute Gasteiger partial charge is 0.397 e. The Morgan fingerprint density at radius 1 is 1.17 bits per heavy atom. The van der Waals surface area contributed by atoms with E-state index in [9.17, 15) is 22.8 Å². The highest BCUT2D eigenvalue weighted by Crippen LogP contribution is 2.20. The van der Waals surface area contributed by atoms with Crippen molar-refractivity contribution < 1.29 is 22.8 Å². The van der Waals surface area contributed by atoms with Crippen LogP contribution in [0.15, 0.2) is 42.6 Å². The minimum atomic E-state index is -4.27. The Kier molecular flexibility index (Phi) is 6.56. The molecule has 1 aromatic carbocycles. The van der Waals surface area contributed by atoms with Gasteiger partial charge in [0.15, 0.2) is 0 Å². The van der Waals surface area contributed by atoms with Crippen molar-refractivity contribution in [1.29, 1.82) is 0 Å². The number of anilines is 2. The monoisotopic (exact) mass is 421 g/mol. The first-order valence-electron chi connectivity index (χ1n) is 9.43. The number of benzene rings is 1. The number of para-hydroxylation sites is 2. The van der Waals surface area contributed by atoms with Crippen molar-refractivity contribution in [1.82, 2.24) is 15.2 Å². The van der Waals surface area contributed by atoms with Crippen LogP contribution in [0.3, 0.4) is 0 Å². The van der Waals surface area contributed by atoms with Gasteiger partial charge in [0, 0.05) is 18.8 Å². The highest BCUT2D eigenvalue weighted by molar-refractivity contribution is 6.05. The number of nitrogen functional groups attached to an aromatic ring is 1. The maximum absolute atomic E-state index is 12.6. The highest BCUT2D eigenvalue weighted by atomic mass is 19.4. The van der Waals surface area contributed by atoms with Gasteiger partial charge in [-0.05, 0) is 43.7 Å². The van der Waals surface area contributed by atoms with Gasteiger partial charge in [0.1, 0.15) is 5.69 Å². The third-order valence-corrected chi connectivity index (χ3v) is 4.71. The molecule has 30 heavy (non-hydrogen) atoms. The van der Waals surface area contributed by atoms with Crippen LogP contribution in [0.5, 0.6) is 0 Å². The van der Waals surface area contributed by atoms with E-state index < -0.39 is 24.5 Å². The van der Waals surface area contributed by atoms with Gasteiger partial charge in [-0.2, -0.15) is 13.2 Å². The van der Waals surface area contributed by atoms with Crippen LogP contribution in [0.4, 0.5) is 24.5 Å². The molecule has 1 unspecified atom stereocenters. The number of halogens is 3. The number of pyridine rings is 1. The fourth-order valence-corrected chi connectivity index (χ4v) is 3.30. The number of rotatable bonds is 5. The summed E-state index contributed by atoms with van der Waals surface area (Å²) in [5, 5.41) is 5.38. The lowest BCUT2D eigenvalue weighted by molar-refractivity contribution is -0.148. The summed E-state index contributed by atoms with van der Waals surface area (Å²) in [4.78, 5) is 30.0. The number of likely N-dealkylation sites (tertiary alicyclic amines) is 1. The Labute approximate surface area is 171 Å². The number of carbonyl (C=O) groups excluding carboxylic acids is 2. The standard InChI is InChI=1S/C20H22F3N5O2/c21-20(22,23)12-28-9-3-4-14(11-28)26-18(29)13-7-8-17(25-10-13)19(30)27-16-6-2-1-5-15(16)24/h1-2,5-8,10,14H,3-4,9,11-12,24H2,(H,26,29)(H,27,30). The number of nitrogens with zero attached hydrogens (tertiary/aromatic N) is 2. The number of nitrogens with one attached hydrogen (secondary N) is 2. The molecule has 4 N–H and O–H groups in total. The van der Waals surface area contributed by atoms with Gasteiger partial charge in [0.2, 0.25) is 0 Å². The molecule has 0 saturated carbocycles. The van der Waals surface area contributed by atoms with Gasteiger partial charge in [-0.25, -0.2) is 0 Å². The van der Waals surface area contributed by atoms with E-state index in [4.69, 9.17) is 5.73 Å². The van der Waals surface area contributed by atoms with Gasteiger partial charge < -0.3 is 16.4 Å². The van der Waals surface area contributed by atoms with Crippen molar-refractivity contribution in [2.45, 2.75) is 25.1 Å². The minimum Gasteiger partial charge on any atom is -0.397 e. The molecule has 1 saturated heterocycles. The molecular formula is C20H22F3N5O2. The lowest BCUT2D eigenvalue weighted by Crippen LogP contribution is -2.50. The summed E-state index contributed by atoms with van der Waals surface area (Å²) in [7, 11) is 0. The molecular weight excluding hydrogens is 399 g/mol. The molecule has 3 rings (SSSR count). The number of alkyl halides is 3. The largest absolute Gasteiger partial charge is 0.401 e. The molecule has 1 atom stereocenters. The number of carbonyl (C=O) groups is 2. The molecule has 1 fully saturated rings. The molecule has 1 aliphatic rings. The van der Waals surface area contributed by atoms with E-state index >= 15 is 0 Å². The first kappa shape index (κ1) is 21.6. The number of hydrogen-bond donors (Lipinski definition) is 3. The molecule has 160 valence electrons. The second-order valence-corrected chi connectivity index (χ2v) is 7.14. The number of hydrogen-bond acceptors (Lipinski definition) is 5. The van der Waals surface area contributed by atoms with Gasteiger partial charge >= 0.3 is 6.18 Å². The zero-order chi connectivity index (χ0) is 21.7. The van der Waals surface area contributed by atoms with Crippen molar-refractivity contribution in [2.24, 2.45) is 0 Å². The summed E-state index contributed by atoms with van der Waals surface area (Å²) in [6, 6.07) is 9.25. The van der Waals surface area contributed by atoms with Crippen molar-refractivity contribution in [3.8, 4) is 0 Å². The SMILES string of the molecule is Nc1ccccc1NC(=O)c1ccc(C(=O)NC2CCCN(CC(F)(F)F)C2)cn1. The maximum Gasteiger partial charge on any atom is 0.401 e. The fraction of sp³-hybridized carbons (Fsp3) is 0.350. The lowest BCUT2D eigenvalue weighted by atomic mass is 10.1. The second-order valence-electron chi connectivity index (χ2n) is 7.14. The third kappa shape index (κ3) is 5.93. The van der Waals surface area contributed by atoms with Crippen molar-refractivity contribution >= 4 is 23.2 Å². The molecule has 0 aliphatic carbocycles. The Morgan fingerprint density at radius 3 is 2.60 bits per heavy atom. The van der Waals surface area contributed by atoms with Gasteiger partial charge in [-0.1, -0.05) is 12.1 Å². The first-order chi connectivity index (χ1) is 14.2. The summed E-state index contributed by atoms with van der Waals surface area (Å²) < 4.78 is 37.7. The normalized spacial score (nSPS) is 17.4. The Morgan fingerprint density at radius 2 is 1.93 bits per heavy atom. The van der Waals surface area contributed by atoms with Crippen molar-refractivity contribution in [3.63, 3.8) is 0 Å². The minimum absolute atomic E-state index is 0.101. The number of aromatic nitrogens is 1. The van der Waals surface area contributed by atoms with E-state index in [0.717, 1.165) is 0 Å². The number of piperidine rings is 1. The lowest BCUT2D eigenvalue weighted by Gasteiger charge is -2.33. The molecule has 0 spiro atoms. The van der Waals surface area contributed by atoms with Crippen molar-refractivity contribution in [2.75, 3.05) is 30.7 Å². The topological polar surface area (TPSA) is 100 Å². The van der Waals surface area contributed by atoms with Crippen LogP contribution in [-0.2, 0) is 0 Å². The quantitative estimate of drug-likeness (QED) is 0.645. The fourth-order valence-electron chi connectivity index (χ4n) is 3.30. The van der Waals surface area contributed by atoms with Crippen LogP contribution in [0, 0.1) is 0 Å². The maximum atomic E-state index is 12.6. The predicted molar refractivity (Wildman–Crippen MR) is 106 cm³/mol. The molecule has 0 radical (unpaired) electrons. The summed E-state index contributed by atoms with van der Waals surface area (Å²) >= 11 is 0. The number of amides is 2. The van der Waals surface area contributed by atoms with E-state index in [1.54, 1.807) is 24.3 Å². The first-order valence-corrected chi connectivity index (χ1v) is 9.43. The molecule has 10 heteroatoms. The summed E-state index contributed by atoms with van der Waals surface area (Å²) in [5.41, 5.74) is 6.97. The van der Waals surface area contributed by atoms with Crippen LogP contribution < -0.4 is 16.4 Å². The van der Waals surface area contributed by atoms with Gasteiger partial charge in [0.25, 0.3) is 11.8 Å². The van der Waals surface area contributed by atoms with E-state index in [1.165, 1.54) is 23.2 Å². The van der Waals surface area contributed by atoms with E-state index in [-0.39, 0.29) is 23.8 Å². The van der Waals surface area contributed by atoms with Gasteiger partial charge in [0.05, 0.1) is 23.5 Å². The van der Waals surface area contributed by atoms with E-state index in [0.29, 0.717) is 30.8 Å². The Hall–Kier alpha value is -3.14. The van der Waals surface area contributed by atoms with Gasteiger partial charge in [-0.3, -0.25) is 19.5 Å². The Bertz CT molecular complexity index is 902. The summed E-state index contributed by atoms with van der Waals surface area (Å²) in [5.74, 6) is -0.921. The second kappa shape index (κ2) is 9.12. The van der Waals surface area contributed by atoms with E-state index in [2.05, 4.69) is 15.6 Å². The molecule has 1 aromatic heterocycles. The Balaban J connectivity index is 1.57. The predicted octanol–water partition coefficient (Wildman–Crippen LogP) is 2.67. The number of nitrogens with two attached hydrogens (primary N) is 1. The highest BCUT2D eigenvalue weighted by Gasteiger charge is 2.33. The summed E-state index contributed by atoms with van der Waals surface area (Å²) in [6.07, 6.45) is -1.83. The van der Waals surface area contributed by atoms with Crippen LogP contribution in [0.25, 0.3) is 0 Å². The van der Waals surface area contributed by atoms with Crippen LogP contribution in [0.1, 0.15) is 33.7 Å². The van der Waals surface area contributed by atoms with Crippen LogP contribution in [0.2, 0.25) is 0 Å². The molecule has 7 nitrogen and oxygen atoms in total. The zero-order valence-electron chi connectivity index (χ0n) is 16.1. The van der Waals surface area contributed by atoms with Gasteiger partial charge in [-0.15, -0.1) is 0 Å².